The lowest BCUT2D eigenvalue weighted by Gasteiger charge is -2.26. The second-order valence-corrected chi connectivity index (χ2v) is 7.18. The molecule has 1 aromatic heterocycles. The molecule has 1 saturated heterocycles. The van der Waals surface area contributed by atoms with Crippen molar-refractivity contribution in [3.8, 4) is 0 Å². The predicted octanol–water partition coefficient (Wildman–Crippen LogP) is 4.67. The topological polar surface area (TPSA) is 70.5 Å². The number of aliphatic hydroxyl groups excluding tert-OH is 1. The molecular weight excluding hydrogens is 388 g/mol. The molecule has 1 aliphatic rings. The lowest BCUT2D eigenvalue weighted by atomic mass is 9.95. The molecule has 0 radical (unpaired) electrons. The van der Waals surface area contributed by atoms with Crippen molar-refractivity contribution in [3.63, 3.8) is 0 Å². The van der Waals surface area contributed by atoms with Crippen LogP contribution in [0.3, 0.4) is 0 Å². The Labute approximate surface area is 172 Å². The summed E-state index contributed by atoms with van der Waals surface area (Å²) in [6.45, 7) is 1.87. The molecule has 4 rings (SSSR count). The molecule has 1 aliphatic heterocycles. The van der Waals surface area contributed by atoms with E-state index in [4.69, 9.17) is 11.6 Å². The normalized spacial score (nSPS) is 18.3. The SMILES string of the molecule is Cc1ccccc1N1C(=O)C(=O)/C(=C(/O)c2ccc(Cl)cc2)C1c1ccncc1. The second kappa shape index (κ2) is 7.53. The fourth-order valence-corrected chi connectivity index (χ4v) is 3.67. The van der Waals surface area contributed by atoms with Crippen molar-refractivity contribution in [1.29, 1.82) is 0 Å². The smallest absolute Gasteiger partial charge is 0.300 e. The molecule has 0 spiro atoms. The van der Waals surface area contributed by atoms with Gasteiger partial charge in [-0.1, -0.05) is 29.8 Å². The van der Waals surface area contributed by atoms with E-state index in [0.29, 0.717) is 21.8 Å². The first-order chi connectivity index (χ1) is 14.0. The molecule has 0 saturated carbocycles. The number of carbonyl (C=O) groups excluding carboxylic acids is 2. The minimum absolute atomic E-state index is 0.0341. The number of benzene rings is 2. The van der Waals surface area contributed by atoms with Crippen molar-refractivity contribution >= 4 is 34.7 Å². The average Bonchev–Trinajstić information content (AvgIpc) is 3.00. The number of para-hydroxylation sites is 1. The number of ketones is 1. The van der Waals surface area contributed by atoms with E-state index in [1.165, 1.54) is 4.90 Å². The number of aryl methyl sites for hydroxylation is 1. The molecule has 1 amide bonds. The van der Waals surface area contributed by atoms with Crippen LogP contribution in [-0.2, 0) is 9.59 Å². The summed E-state index contributed by atoms with van der Waals surface area (Å²) in [6.07, 6.45) is 3.19. The Hall–Kier alpha value is -3.44. The molecule has 144 valence electrons. The van der Waals surface area contributed by atoms with Crippen LogP contribution in [0.15, 0.2) is 78.6 Å². The number of rotatable bonds is 3. The van der Waals surface area contributed by atoms with Gasteiger partial charge in [-0.2, -0.15) is 0 Å². The van der Waals surface area contributed by atoms with Crippen molar-refractivity contribution < 1.29 is 14.7 Å². The van der Waals surface area contributed by atoms with Gasteiger partial charge < -0.3 is 5.11 Å². The molecule has 0 bridgehead atoms. The van der Waals surface area contributed by atoms with Gasteiger partial charge in [0, 0.05) is 28.7 Å². The summed E-state index contributed by atoms with van der Waals surface area (Å²) >= 11 is 5.94. The number of anilines is 1. The van der Waals surface area contributed by atoms with E-state index in [1.807, 2.05) is 25.1 Å². The number of pyridine rings is 1. The van der Waals surface area contributed by atoms with Crippen LogP contribution < -0.4 is 4.90 Å². The van der Waals surface area contributed by atoms with Crippen LogP contribution in [0.25, 0.3) is 5.76 Å². The number of nitrogens with zero attached hydrogens (tertiary/aromatic N) is 2. The van der Waals surface area contributed by atoms with Crippen LogP contribution >= 0.6 is 11.6 Å². The van der Waals surface area contributed by atoms with Crippen molar-refractivity contribution in [2.75, 3.05) is 4.90 Å². The van der Waals surface area contributed by atoms with Crippen molar-refractivity contribution in [3.05, 3.63) is 100 Å². The van der Waals surface area contributed by atoms with E-state index < -0.39 is 17.7 Å². The van der Waals surface area contributed by atoms with E-state index in [9.17, 15) is 14.7 Å². The minimum Gasteiger partial charge on any atom is -0.507 e. The highest BCUT2D eigenvalue weighted by Crippen LogP contribution is 2.42. The van der Waals surface area contributed by atoms with Crippen LogP contribution in [0.1, 0.15) is 22.7 Å². The van der Waals surface area contributed by atoms with Gasteiger partial charge in [0.25, 0.3) is 11.7 Å². The molecule has 1 unspecified atom stereocenters. The Morgan fingerprint density at radius 1 is 1.00 bits per heavy atom. The summed E-state index contributed by atoms with van der Waals surface area (Å²) in [5.41, 5.74) is 2.59. The maximum absolute atomic E-state index is 13.0. The van der Waals surface area contributed by atoms with E-state index >= 15 is 0 Å². The zero-order valence-electron chi connectivity index (χ0n) is 15.5. The van der Waals surface area contributed by atoms with Crippen molar-refractivity contribution in [1.82, 2.24) is 4.98 Å². The second-order valence-electron chi connectivity index (χ2n) is 6.74. The van der Waals surface area contributed by atoms with Crippen LogP contribution in [0.4, 0.5) is 5.69 Å². The number of halogens is 1. The van der Waals surface area contributed by atoms with Gasteiger partial charge in [-0.05, 0) is 60.5 Å². The molecule has 1 N–H and O–H groups in total. The van der Waals surface area contributed by atoms with Crippen LogP contribution in [0.5, 0.6) is 0 Å². The number of aromatic nitrogens is 1. The highest BCUT2D eigenvalue weighted by atomic mass is 35.5. The largest absolute Gasteiger partial charge is 0.507 e. The van der Waals surface area contributed by atoms with Crippen LogP contribution in [-0.4, -0.2) is 21.8 Å². The van der Waals surface area contributed by atoms with Gasteiger partial charge in [-0.25, -0.2) is 0 Å². The van der Waals surface area contributed by atoms with E-state index in [-0.39, 0.29) is 11.3 Å². The van der Waals surface area contributed by atoms with E-state index in [2.05, 4.69) is 4.98 Å². The average molecular weight is 405 g/mol. The fraction of sp³-hybridized carbons (Fsp3) is 0.0870. The molecule has 2 aromatic carbocycles. The van der Waals surface area contributed by atoms with Gasteiger partial charge in [0.05, 0.1) is 11.6 Å². The first-order valence-electron chi connectivity index (χ1n) is 9.01. The Morgan fingerprint density at radius 2 is 1.66 bits per heavy atom. The van der Waals surface area contributed by atoms with Crippen LogP contribution in [0.2, 0.25) is 5.02 Å². The summed E-state index contributed by atoms with van der Waals surface area (Å²) in [6, 6.07) is 16.5. The van der Waals surface area contributed by atoms with Gasteiger partial charge in [0.15, 0.2) is 0 Å². The number of carbonyl (C=O) groups is 2. The van der Waals surface area contributed by atoms with E-state index in [0.717, 1.165) is 5.56 Å². The number of amides is 1. The highest BCUT2D eigenvalue weighted by molar-refractivity contribution is 6.51. The Balaban J connectivity index is 1.96. The molecule has 6 heteroatoms. The first kappa shape index (κ1) is 18.9. The monoisotopic (exact) mass is 404 g/mol. The summed E-state index contributed by atoms with van der Waals surface area (Å²) in [5.74, 6) is -1.66. The number of Topliss-reactive ketones (excluding diaryl/α,β-unsaturated/α-hetero) is 1. The zero-order valence-corrected chi connectivity index (χ0v) is 16.3. The fourth-order valence-electron chi connectivity index (χ4n) is 3.54. The Kier molecular flexibility index (Phi) is 4.91. The molecule has 29 heavy (non-hydrogen) atoms. The summed E-state index contributed by atoms with van der Waals surface area (Å²) in [4.78, 5) is 31.5. The molecule has 3 aromatic rings. The lowest BCUT2D eigenvalue weighted by Crippen LogP contribution is -2.30. The Morgan fingerprint density at radius 3 is 2.31 bits per heavy atom. The van der Waals surface area contributed by atoms with Gasteiger partial charge in [-0.15, -0.1) is 0 Å². The van der Waals surface area contributed by atoms with Gasteiger partial charge in [-0.3, -0.25) is 19.5 Å². The third-order valence-electron chi connectivity index (χ3n) is 4.96. The standard InChI is InChI=1S/C23H17ClN2O3/c1-14-4-2-3-5-18(14)26-20(15-10-12-25-13-11-15)19(22(28)23(26)29)21(27)16-6-8-17(24)9-7-16/h2-13,20,27H,1H3/b21-19+. The molecular formula is C23H17ClN2O3. The van der Waals surface area contributed by atoms with Crippen LogP contribution in [0, 0.1) is 6.92 Å². The minimum atomic E-state index is -0.769. The zero-order chi connectivity index (χ0) is 20.5. The predicted molar refractivity (Wildman–Crippen MR) is 112 cm³/mol. The van der Waals surface area contributed by atoms with Gasteiger partial charge in [0.2, 0.25) is 0 Å². The molecule has 5 nitrogen and oxygen atoms in total. The maximum atomic E-state index is 13.0. The van der Waals surface area contributed by atoms with Crippen molar-refractivity contribution in [2.45, 2.75) is 13.0 Å². The number of hydrogen-bond donors (Lipinski definition) is 1. The molecule has 0 aliphatic carbocycles. The highest BCUT2D eigenvalue weighted by Gasteiger charge is 2.47. The summed E-state index contributed by atoms with van der Waals surface area (Å²) < 4.78 is 0. The molecule has 1 atom stereocenters. The summed E-state index contributed by atoms with van der Waals surface area (Å²) in [7, 11) is 0. The third-order valence-corrected chi connectivity index (χ3v) is 5.21. The molecule has 2 heterocycles. The molecule has 1 fully saturated rings. The van der Waals surface area contributed by atoms with Gasteiger partial charge >= 0.3 is 0 Å². The first-order valence-corrected chi connectivity index (χ1v) is 9.39. The summed E-state index contributed by atoms with van der Waals surface area (Å²) in [5, 5.41) is 11.5. The maximum Gasteiger partial charge on any atom is 0.300 e. The van der Waals surface area contributed by atoms with E-state index in [1.54, 1.807) is 54.9 Å². The number of aliphatic hydroxyl groups is 1. The van der Waals surface area contributed by atoms with Crippen molar-refractivity contribution in [2.24, 2.45) is 0 Å². The van der Waals surface area contributed by atoms with Gasteiger partial charge in [0.1, 0.15) is 5.76 Å². The third kappa shape index (κ3) is 3.30. The number of hydrogen-bond acceptors (Lipinski definition) is 4. The quantitative estimate of drug-likeness (QED) is 0.391. The Bertz CT molecular complexity index is 1120. The lowest BCUT2D eigenvalue weighted by molar-refractivity contribution is -0.132.